The Hall–Kier alpha value is -0.920. The second kappa shape index (κ2) is 4.52. The first-order valence-electron chi connectivity index (χ1n) is 5.34. The van der Waals surface area contributed by atoms with Crippen LogP contribution in [0.1, 0.15) is 19.8 Å². The number of nitrogens with zero attached hydrogens (tertiary/aromatic N) is 1. The molecule has 1 fully saturated rings. The highest BCUT2D eigenvalue weighted by Gasteiger charge is 2.26. The van der Waals surface area contributed by atoms with E-state index in [9.17, 15) is 8.42 Å². The number of imidazole rings is 1. The number of aromatic nitrogens is 2. The van der Waals surface area contributed by atoms with E-state index in [-0.39, 0.29) is 17.1 Å². The van der Waals surface area contributed by atoms with Gasteiger partial charge in [0.1, 0.15) is 0 Å². The zero-order valence-corrected chi connectivity index (χ0v) is 9.92. The summed E-state index contributed by atoms with van der Waals surface area (Å²) in [4.78, 5) is 6.31. The third-order valence-electron chi connectivity index (χ3n) is 2.83. The molecule has 1 aliphatic rings. The maximum atomic E-state index is 11.9. The Labute approximate surface area is 94.9 Å². The molecule has 0 bridgehead atoms. The predicted octanol–water partition coefficient (Wildman–Crippen LogP) is -0.171. The van der Waals surface area contributed by atoms with Crippen LogP contribution in [0.3, 0.4) is 0 Å². The molecule has 0 aliphatic carbocycles. The highest BCUT2D eigenvalue weighted by atomic mass is 32.2. The van der Waals surface area contributed by atoms with Gasteiger partial charge in [0.05, 0.1) is 12.5 Å². The van der Waals surface area contributed by atoms with Crippen molar-refractivity contribution < 1.29 is 8.42 Å². The van der Waals surface area contributed by atoms with E-state index in [0.717, 1.165) is 19.4 Å². The Kier molecular flexibility index (Phi) is 3.27. The topological polar surface area (TPSA) is 86.9 Å². The Bertz CT molecular complexity index is 428. The molecular formula is C9H16N4O2S. The average molecular weight is 244 g/mol. The highest BCUT2D eigenvalue weighted by Crippen LogP contribution is 2.12. The van der Waals surface area contributed by atoms with Crippen molar-refractivity contribution >= 4 is 10.0 Å². The molecule has 0 amide bonds. The Morgan fingerprint density at radius 3 is 3.00 bits per heavy atom. The normalized spacial score (nSPS) is 26.8. The molecule has 2 atom stereocenters. The van der Waals surface area contributed by atoms with Crippen molar-refractivity contribution in [1.29, 1.82) is 0 Å². The molecule has 7 heteroatoms. The summed E-state index contributed by atoms with van der Waals surface area (Å²) in [6, 6.07) is 0.105. The van der Waals surface area contributed by atoms with E-state index in [1.54, 1.807) is 0 Å². The smallest absolute Gasteiger partial charge is 0.257 e. The summed E-state index contributed by atoms with van der Waals surface area (Å²) in [5.41, 5.74) is 0. The average Bonchev–Trinajstić information content (AvgIpc) is 2.75. The number of hydrogen-bond donors (Lipinski definition) is 3. The molecule has 1 aromatic heterocycles. The SMILES string of the molecule is CC1NCCCC1NS(=O)(=O)c1cnc[nH]1. The second-order valence-corrected chi connectivity index (χ2v) is 5.71. The summed E-state index contributed by atoms with van der Waals surface area (Å²) in [6.07, 6.45) is 4.52. The van der Waals surface area contributed by atoms with Crippen LogP contribution < -0.4 is 10.0 Å². The fraction of sp³-hybridized carbons (Fsp3) is 0.667. The third-order valence-corrected chi connectivity index (χ3v) is 4.25. The number of hydrogen-bond acceptors (Lipinski definition) is 4. The summed E-state index contributed by atoms with van der Waals surface area (Å²) in [7, 11) is -3.46. The first-order valence-corrected chi connectivity index (χ1v) is 6.82. The van der Waals surface area contributed by atoms with Gasteiger partial charge in [0.15, 0.2) is 5.03 Å². The largest absolute Gasteiger partial charge is 0.335 e. The number of piperidine rings is 1. The molecule has 0 aromatic carbocycles. The first-order chi connectivity index (χ1) is 7.59. The van der Waals surface area contributed by atoms with Crippen molar-refractivity contribution in [3.63, 3.8) is 0 Å². The lowest BCUT2D eigenvalue weighted by Crippen LogP contribution is -2.51. The van der Waals surface area contributed by atoms with Gasteiger partial charge in [0.2, 0.25) is 0 Å². The molecule has 1 saturated heterocycles. The molecule has 3 N–H and O–H groups in total. The lowest BCUT2D eigenvalue weighted by Gasteiger charge is -2.30. The van der Waals surface area contributed by atoms with Crippen LogP contribution in [0.5, 0.6) is 0 Å². The van der Waals surface area contributed by atoms with E-state index in [1.807, 2.05) is 6.92 Å². The molecule has 2 rings (SSSR count). The summed E-state index contributed by atoms with van der Waals surface area (Å²) in [5, 5.41) is 3.36. The van der Waals surface area contributed by atoms with Crippen molar-refractivity contribution in [2.75, 3.05) is 6.54 Å². The second-order valence-electron chi connectivity index (χ2n) is 4.03. The van der Waals surface area contributed by atoms with E-state index in [1.165, 1.54) is 12.5 Å². The van der Waals surface area contributed by atoms with Crippen LogP contribution in [-0.2, 0) is 10.0 Å². The van der Waals surface area contributed by atoms with Crippen molar-refractivity contribution in [3.05, 3.63) is 12.5 Å². The number of sulfonamides is 1. The monoisotopic (exact) mass is 244 g/mol. The van der Waals surface area contributed by atoms with Crippen LogP contribution in [0.15, 0.2) is 17.6 Å². The molecule has 90 valence electrons. The maximum Gasteiger partial charge on any atom is 0.257 e. The van der Waals surface area contributed by atoms with Gasteiger partial charge in [-0.3, -0.25) is 0 Å². The summed E-state index contributed by atoms with van der Waals surface area (Å²) < 4.78 is 26.5. The highest BCUT2D eigenvalue weighted by molar-refractivity contribution is 7.89. The van der Waals surface area contributed by atoms with Crippen LogP contribution in [0, 0.1) is 0 Å². The van der Waals surface area contributed by atoms with E-state index >= 15 is 0 Å². The molecule has 1 aliphatic heterocycles. The minimum Gasteiger partial charge on any atom is -0.335 e. The Morgan fingerprint density at radius 1 is 1.56 bits per heavy atom. The Balaban J connectivity index is 2.09. The molecule has 0 spiro atoms. The van der Waals surface area contributed by atoms with Crippen LogP contribution in [0.25, 0.3) is 0 Å². The van der Waals surface area contributed by atoms with Crippen molar-refractivity contribution in [2.45, 2.75) is 36.9 Å². The fourth-order valence-corrected chi connectivity index (χ4v) is 3.11. The van der Waals surface area contributed by atoms with Crippen LogP contribution in [-0.4, -0.2) is 37.0 Å². The first kappa shape index (κ1) is 11.6. The minimum atomic E-state index is -3.46. The van der Waals surface area contributed by atoms with Crippen LogP contribution in [0.2, 0.25) is 0 Å². The lowest BCUT2D eigenvalue weighted by atomic mass is 10.0. The van der Waals surface area contributed by atoms with E-state index in [4.69, 9.17) is 0 Å². The van der Waals surface area contributed by atoms with Gasteiger partial charge < -0.3 is 10.3 Å². The summed E-state index contributed by atoms with van der Waals surface area (Å²) in [5.74, 6) is 0. The molecule has 6 nitrogen and oxygen atoms in total. The van der Waals surface area contributed by atoms with Crippen LogP contribution in [0.4, 0.5) is 0 Å². The van der Waals surface area contributed by atoms with Gasteiger partial charge in [-0.1, -0.05) is 0 Å². The van der Waals surface area contributed by atoms with Gasteiger partial charge >= 0.3 is 0 Å². The fourth-order valence-electron chi connectivity index (χ4n) is 1.86. The molecule has 2 heterocycles. The molecule has 16 heavy (non-hydrogen) atoms. The number of nitrogens with one attached hydrogen (secondary N) is 3. The van der Waals surface area contributed by atoms with E-state index in [2.05, 4.69) is 20.0 Å². The van der Waals surface area contributed by atoms with Gasteiger partial charge in [-0.25, -0.2) is 18.1 Å². The maximum absolute atomic E-state index is 11.9. The zero-order valence-electron chi connectivity index (χ0n) is 9.10. The van der Waals surface area contributed by atoms with Crippen molar-refractivity contribution in [2.24, 2.45) is 0 Å². The predicted molar refractivity (Wildman–Crippen MR) is 59.4 cm³/mol. The van der Waals surface area contributed by atoms with E-state index < -0.39 is 10.0 Å². The Morgan fingerprint density at radius 2 is 2.38 bits per heavy atom. The quantitative estimate of drug-likeness (QED) is 0.689. The lowest BCUT2D eigenvalue weighted by molar-refractivity contribution is 0.348. The molecule has 0 saturated carbocycles. The molecule has 1 aromatic rings. The van der Waals surface area contributed by atoms with E-state index in [0.29, 0.717) is 0 Å². The van der Waals surface area contributed by atoms with Crippen molar-refractivity contribution in [1.82, 2.24) is 20.0 Å². The molecule has 0 radical (unpaired) electrons. The summed E-state index contributed by atoms with van der Waals surface area (Å²) >= 11 is 0. The zero-order chi connectivity index (χ0) is 11.6. The van der Waals surface area contributed by atoms with Gasteiger partial charge in [-0.05, 0) is 26.3 Å². The van der Waals surface area contributed by atoms with Gasteiger partial charge in [0, 0.05) is 12.1 Å². The number of rotatable bonds is 3. The van der Waals surface area contributed by atoms with Crippen LogP contribution >= 0.6 is 0 Å². The molecular weight excluding hydrogens is 228 g/mol. The summed E-state index contributed by atoms with van der Waals surface area (Å²) in [6.45, 7) is 2.93. The number of aromatic amines is 1. The van der Waals surface area contributed by atoms with Gasteiger partial charge in [-0.15, -0.1) is 0 Å². The minimum absolute atomic E-state index is 0.0537. The third kappa shape index (κ3) is 2.42. The standard InChI is InChI=1S/C9H16N4O2S/c1-7-8(3-2-4-11-7)13-16(14,15)9-5-10-6-12-9/h5-8,11,13H,2-4H2,1H3,(H,10,12). The van der Waals surface area contributed by atoms with Crippen molar-refractivity contribution in [3.8, 4) is 0 Å². The number of H-pyrrole nitrogens is 1. The molecule has 2 unspecified atom stereocenters. The van der Waals surface area contributed by atoms with Gasteiger partial charge in [0.25, 0.3) is 10.0 Å². The van der Waals surface area contributed by atoms with Gasteiger partial charge in [-0.2, -0.15) is 0 Å².